The van der Waals surface area contributed by atoms with Gasteiger partial charge in [0.1, 0.15) is 11.3 Å². The smallest absolute Gasteiger partial charge is 0.334 e. The van der Waals surface area contributed by atoms with Crippen LogP contribution in [0, 0.1) is 0 Å². The molecular weight excluding hydrogens is 286 g/mol. The fourth-order valence-corrected chi connectivity index (χ4v) is 2.05. The minimum Gasteiger partial charge on any atom is -0.334 e. The summed E-state index contributed by atoms with van der Waals surface area (Å²) in [5.41, 5.74) is 0.544. The van der Waals surface area contributed by atoms with E-state index in [0.29, 0.717) is 21.1 Å². The van der Waals surface area contributed by atoms with Crippen LogP contribution in [0.5, 0.6) is 0 Å². The number of imide groups is 1. The highest BCUT2D eigenvalue weighted by molar-refractivity contribution is 6.31. The molecule has 0 bridgehead atoms. The summed E-state index contributed by atoms with van der Waals surface area (Å²) in [6, 6.07) is 3.12. The van der Waals surface area contributed by atoms with Gasteiger partial charge >= 0.3 is 5.97 Å². The Labute approximate surface area is 117 Å². The van der Waals surface area contributed by atoms with E-state index < -0.39 is 17.8 Å². The van der Waals surface area contributed by atoms with Crippen LogP contribution in [0.15, 0.2) is 18.3 Å². The molecule has 3 rings (SSSR count). The Bertz CT molecular complexity index is 723. The summed E-state index contributed by atoms with van der Waals surface area (Å²) in [7, 11) is 0. The zero-order valence-electron chi connectivity index (χ0n) is 10.1. The minimum absolute atomic E-state index is 0.0516. The van der Waals surface area contributed by atoms with E-state index in [0.717, 1.165) is 0 Å². The molecule has 1 fully saturated rings. The third kappa shape index (κ3) is 2.12. The Morgan fingerprint density at radius 1 is 1.30 bits per heavy atom. The molecule has 1 saturated heterocycles. The van der Waals surface area contributed by atoms with Crippen molar-refractivity contribution < 1.29 is 19.2 Å². The number of amides is 2. The lowest BCUT2D eigenvalue weighted by Gasteiger charge is -2.11. The van der Waals surface area contributed by atoms with Gasteiger partial charge in [-0.1, -0.05) is 11.6 Å². The van der Waals surface area contributed by atoms with Crippen molar-refractivity contribution in [2.45, 2.75) is 12.8 Å². The maximum atomic E-state index is 11.9. The number of carbonyl (C=O) groups is 3. The Morgan fingerprint density at radius 3 is 2.70 bits per heavy atom. The van der Waals surface area contributed by atoms with Crippen molar-refractivity contribution in [3.05, 3.63) is 29.0 Å². The molecule has 0 saturated carbocycles. The molecule has 2 aromatic rings. The van der Waals surface area contributed by atoms with Crippen LogP contribution < -0.4 is 0 Å². The number of nitrogens with one attached hydrogen (secondary N) is 1. The van der Waals surface area contributed by atoms with Gasteiger partial charge in [0, 0.05) is 24.4 Å². The Hall–Kier alpha value is -2.41. The Balaban J connectivity index is 1.85. The van der Waals surface area contributed by atoms with Gasteiger partial charge in [0.25, 0.3) is 11.8 Å². The number of aromatic nitrogens is 2. The van der Waals surface area contributed by atoms with Gasteiger partial charge in [-0.2, -0.15) is 0 Å². The van der Waals surface area contributed by atoms with Crippen LogP contribution in [0.1, 0.15) is 23.3 Å². The van der Waals surface area contributed by atoms with Crippen molar-refractivity contribution in [1.29, 1.82) is 0 Å². The summed E-state index contributed by atoms with van der Waals surface area (Å²) in [6.07, 6.45) is 1.54. The first kappa shape index (κ1) is 12.6. The van der Waals surface area contributed by atoms with Crippen molar-refractivity contribution in [3.8, 4) is 0 Å². The number of carbonyl (C=O) groups excluding carboxylic acids is 3. The first-order valence-electron chi connectivity index (χ1n) is 5.77. The summed E-state index contributed by atoms with van der Waals surface area (Å²) < 4.78 is 0. The molecular formula is C12H8ClN3O4. The van der Waals surface area contributed by atoms with Gasteiger partial charge in [-0.3, -0.25) is 9.59 Å². The highest BCUT2D eigenvalue weighted by Crippen LogP contribution is 2.19. The van der Waals surface area contributed by atoms with Crippen molar-refractivity contribution in [2.24, 2.45) is 0 Å². The van der Waals surface area contributed by atoms with Gasteiger partial charge in [0.2, 0.25) is 0 Å². The number of halogens is 1. The van der Waals surface area contributed by atoms with E-state index in [-0.39, 0.29) is 18.5 Å². The van der Waals surface area contributed by atoms with Crippen LogP contribution in [0.25, 0.3) is 11.0 Å². The summed E-state index contributed by atoms with van der Waals surface area (Å²) in [6.45, 7) is 0. The van der Waals surface area contributed by atoms with Crippen LogP contribution in [0.2, 0.25) is 5.02 Å². The van der Waals surface area contributed by atoms with Crippen LogP contribution in [-0.4, -0.2) is 32.8 Å². The first-order chi connectivity index (χ1) is 9.54. The summed E-state index contributed by atoms with van der Waals surface area (Å²) >= 11 is 5.79. The topological polar surface area (TPSA) is 92.4 Å². The molecule has 0 spiro atoms. The Kier molecular flexibility index (Phi) is 2.90. The molecule has 1 N–H and O–H groups in total. The zero-order valence-corrected chi connectivity index (χ0v) is 10.8. The number of aromatic amines is 1. The second kappa shape index (κ2) is 4.61. The van der Waals surface area contributed by atoms with Gasteiger partial charge < -0.3 is 9.82 Å². The number of fused-ring (bicyclic) bond motifs is 1. The maximum absolute atomic E-state index is 11.9. The molecule has 102 valence electrons. The average Bonchev–Trinajstić information content (AvgIpc) is 2.96. The molecule has 0 atom stereocenters. The van der Waals surface area contributed by atoms with Gasteiger partial charge in [-0.25, -0.2) is 9.78 Å². The van der Waals surface area contributed by atoms with Crippen LogP contribution >= 0.6 is 11.6 Å². The highest BCUT2D eigenvalue weighted by atomic mass is 35.5. The van der Waals surface area contributed by atoms with Crippen molar-refractivity contribution in [1.82, 2.24) is 15.0 Å². The SMILES string of the molecule is O=C(ON1C(=O)CCC1=O)c1cc2cc(Cl)cnc2[nH]1. The molecule has 2 aromatic heterocycles. The summed E-state index contributed by atoms with van der Waals surface area (Å²) in [5, 5.41) is 1.55. The van der Waals surface area contributed by atoms with E-state index in [9.17, 15) is 14.4 Å². The molecule has 8 heteroatoms. The second-order valence-electron chi connectivity index (χ2n) is 4.23. The molecule has 20 heavy (non-hydrogen) atoms. The second-order valence-corrected chi connectivity index (χ2v) is 4.67. The number of rotatable bonds is 2. The van der Waals surface area contributed by atoms with Crippen molar-refractivity contribution in [3.63, 3.8) is 0 Å². The fourth-order valence-electron chi connectivity index (χ4n) is 1.89. The van der Waals surface area contributed by atoms with Gasteiger partial charge in [-0.05, 0) is 12.1 Å². The monoisotopic (exact) mass is 293 g/mol. The molecule has 0 unspecified atom stereocenters. The summed E-state index contributed by atoms with van der Waals surface area (Å²) in [4.78, 5) is 46.1. The van der Waals surface area contributed by atoms with E-state index in [1.54, 1.807) is 6.07 Å². The first-order valence-corrected chi connectivity index (χ1v) is 6.15. The van der Waals surface area contributed by atoms with E-state index in [1.165, 1.54) is 12.3 Å². The number of hydroxylamine groups is 2. The van der Waals surface area contributed by atoms with E-state index >= 15 is 0 Å². The number of nitrogens with zero attached hydrogens (tertiary/aromatic N) is 2. The molecule has 7 nitrogen and oxygen atoms in total. The largest absolute Gasteiger partial charge is 0.380 e. The lowest BCUT2D eigenvalue weighted by molar-refractivity contribution is -0.172. The highest BCUT2D eigenvalue weighted by Gasteiger charge is 2.33. The lowest BCUT2D eigenvalue weighted by Crippen LogP contribution is -2.32. The number of pyridine rings is 1. The quantitative estimate of drug-likeness (QED) is 0.846. The van der Waals surface area contributed by atoms with Gasteiger partial charge in [0.05, 0.1) is 5.02 Å². The average molecular weight is 294 g/mol. The van der Waals surface area contributed by atoms with Gasteiger partial charge in [-0.15, -0.1) is 5.06 Å². The normalized spacial score (nSPS) is 15.2. The predicted octanol–water partition coefficient (Wildman–Crippen LogP) is 1.44. The van der Waals surface area contributed by atoms with E-state index in [4.69, 9.17) is 16.4 Å². The Morgan fingerprint density at radius 2 is 2.00 bits per heavy atom. The van der Waals surface area contributed by atoms with E-state index in [1.807, 2.05) is 0 Å². The number of H-pyrrole nitrogens is 1. The van der Waals surface area contributed by atoms with Crippen LogP contribution in [0.4, 0.5) is 0 Å². The van der Waals surface area contributed by atoms with Crippen LogP contribution in [0.3, 0.4) is 0 Å². The third-order valence-corrected chi connectivity index (χ3v) is 3.04. The molecule has 1 aliphatic rings. The predicted molar refractivity (Wildman–Crippen MR) is 67.6 cm³/mol. The molecule has 3 heterocycles. The third-order valence-electron chi connectivity index (χ3n) is 2.84. The maximum Gasteiger partial charge on any atom is 0.380 e. The zero-order chi connectivity index (χ0) is 14.3. The van der Waals surface area contributed by atoms with Gasteiger partial charge in [0.15, 0.2) is 0 Å². The fraction of sp³-hybridized carbons (Fsp3) is 0.167. The molecule has 0 aromatic carbocycles. The number of hydrogen-bond donors (Lipinski definition) is 1. The molecule has 1 aliphatic heterocycles. The molecule has 2 amide bonds. The lowest BCUT2D eigenvalue weighted by atomic mass is 10.3. The van der Waals surface area contributed by atoms with Crippen molar-refractivity contribution in [2.75, 3.05) is 0 Å². The standard InChI is InChI=1S/C12H8ClN3O4/c13-7-3-6-4-8(15-11(6)14-5-7)12(19)20-16-9(17)1-2-10(16)18/h3-5H,1-2H2,(H,14,15). The van der Waals surface area contributed by atoms with E-state index in [2.05, 4.69) is 9.97 Å². The molecule has 0 aliphatic carbocycles. The van der Waals surface area contributed by atoms with Crippen molar-refractivity contribution >= 4 is 40.4 Å². The summed E-state index contributed by atoms with van der Waals surface area (Å²) in [5.74, 6) is -1.89. The number of hydrogen-bond acceptors (Lipinski definition) is 5. The van der Waals surface area contributed by atoms with Crippen LogP contribution in [-0.2, 0) is 14.4 Å². The minimum atomic E-state index is -0.831. The molecule has 0 radical (unpaired) electrons.